The van der Waals surface area contributed by atoms with Gasteiger partial charge in [-0.05, 0) is 96.6 Å². The van der Waals surface area contributed by atoms with Gasteiger partial charge in [0.15, 0.2) is 0 Å². The lowest BCUT2D eigenvalue weighted by Gasteiger charge is -2.35. The molecule has 2 heteroatoms. The van der Waals surface area contributed by atoms with E-state index in [0.29, 0.717) is 13.2 Å². The molecule has 2 aromatic carbocycles. The molecule has 0 atom stereocenters. The second-order valence-electron chi connectivity index (χ2n) is 12.0. The standard InChI is InChI=1S/C39H54O2/c1-9-15-17-19-21-27-40-39(41-28-22-20-18-16-10-2)35-29-31(37(7,11-3)12-4)23-25-33(35)34-26-24-32(30-36(34)39)38(8,13-5)14-6/h9-10,15-18,23-26,29-30H,1-2,11-14,19-22,27-28H2,3-8H3/b17-15+,18-16+. The highest BCUT2D eigenvalue weighted by Crippen LogP contribution is 2.53. The Hall–Kier alpha value is -2.68. The molecule has 0 radical (unpaired) electrons. The van der Waals surface area contributed by atoms with Crippen LogP contribution in [0.4, 0.5) is 0 Å². The number of ether oxygens (including phenoxy) is 2. The summed E-state index contributed by atoms with van der Waals surface area (Å²) >= 11 is 0. The van der Waals surface area contributed by atoms with Crippen LogP contribution in [0.25, 0.3) is 11.1 Å². The largest absolute Gasteiger partial charge is 0.342 e. The number of hydrogen-bond donors (Lipinski definition) is 0. The molecule has 3 rings (SSSR count). The first-order valence-electron chi connectivity index (χ1n) is 15.9. The highest BCUT2D eigenvalue weighted by molar-refractivity contribution is 5.80. The number of allylic oxidation sites excluding steroid dienone is 6. The number of hydrogen-bond acceptors (Lipinski definition) is 2. The van der Waals surface area contributed by atoms with Crippen molar-refractivity contribution in [1.29, 1.82) is 0 Å². The van der Waals surface area contributed by atoms with Crippen LogP contribution in [-0.4, -0.2) is 13.2 Å². The van der Waals surface area contributed by atoms with Crippen molar-refractivity contribution in [3.63, 3.8) is 0 Å². The normalized spacial score (nSPS) is 14.5. The van der Waals surface area contributed by atoms with Crippen molar-refractivity contribution < 1.29 is 9.47 Å². The molecule has 0 saturated heterocycles. The molecule has 0 heterocycles. The van der Waals surface area contributed by atoms with Crippen molar-refractivity contribution >= 4 is 0 Å². The minimum atomic E-state index is -0.925. The monoisotopic (exact) mass is 554 g/mol. The molecule has 41 heavy (non-hydrogen) atoms. The lowest BCUT2D eigenvalue weighted by molar-refractivity contribution is -0.216. The van der Waals surface area contributed by atoms with E-state index in [0.717, 1.165) is 62.5 Å². The third-order valence-electron chi connectivity index (χ3n) is 9.74. The zero-order valence-corrected chi connectivity index (χ0v) is 26.7. The molecule has 0 fully saturated rings. The van der Waals surface area contributed by atoms with Crippen molar-refractivity contribution in [2.75, 3.05) is 13.2 Å². The van der Waals surface area contributed by atoms with Crippen molar-refractivity contribution in [2.24, 2.45) is 0 Å². The predicted molar refractivity (Wildman–Crippen MR) is 178 cm³/mol. The molecule has 0 amide bonds. The Bertz CT molecular complexity index is 1110. The fourth-order valence-electron chi connectivity index (χ4n) is 5.89. The lowest BCUT2D eigenvalue weighted by Crippen LogP contribution is -2.34. The lowest BCUT2D eigenvalue weighted by atomic mass is 9.76. The van der Waals surface area contributed by atoms with Gasteiger partial charge in [0.2, 0.25) is 5.79 Å². The van der Waals surface area contributed by atoms with E-state index in [1.807, 2.05) is 24.3 Å². The van der Waals surface area contributed by atoms with Crippen LogP contribution in [0, 0.1) is 0 Å². The number of benzene rings is 2. The van der Waals surface area contributed by atoms with Gasteiger partial charge in [-0.25, -0.2) is 0 Å². The molecule has 0 bridgehead atoms. The van der Waals surface area contributed by atoms with E-state index in [9.17, 15) is 0 Å². The Morgan fingerprint density at radius 1 is 0.659 bits per heavy atom. The molecule has 1 aliphatic rings. The first-order chi connectivity index (χ1) is 19.8. The van der Waals surface area contributed by atoms with Crippen LogP contribution in [0.3, 0.4) is 0 Å². The van der Waals surface area contributed by atoms with Crippen molar-refractivity contribution in [1.82, 2.24) is 0 Å². The van der Waals surface area contributed by atoms with Crippen molar-refractivity contribution in [2.45, 2.75) is 110 Å². The Balaban J connectivity index is 2.17. The summed E-state index contributed by atoms with van der Waals surface area (Å²) in [4.78, 5) is 0. The fraction of sp³-hybridized carbons (Fsp3) is 0.487. The van der Waals surface area contributed by atoms with Gasteiger partial charge >= 0.3 is 0 Å². The predicted octanol–water partition coefficient (Wildman–Crippen LogP) is 11.1. The van der Waals surface area contributed by atoms with Crippen LogP contribution in [0.2, 0.25) is 0 Å². The average molecular weight is 555 g/mol. The molecule has 0 spiro atoms. The maximum absolute atomic E-state index is 7.01. The second kappa shape index (κ2) is 15.0. The Morgan fingerprint density at radius 3 is 1.39 bits per heavy atom. The summed E-state index contributed by atoms with van der Waals surface area (Å²) < 4.78 is 14.0. The minimum absolute atomic E-state index is 0.106. The second-order valence-corrected chi connectivity index (χ2v) is 12.0. The molecular formula is C39H54O2. The van der Waals surface area contributed by atoms with Gasteiger partial charge < -0.3 is 9.47 Å². The summed E-state index contributed by atoms with van der Waals surface area (Å²) in [5.41, 5.74) is 7.72. The smallest absolute Gasteiger partial charge is 0.223 e. The maximum atomic E-state index is 7.01. The topological polar surface area (TPSA) is 18.5 Å². The van der Waals surface area contributed by atoms with Crippen molar-refractivity contribution in [3.05, 3.63) is 108 Å². The molecule has 0 aromatic heterocycles. The molecule has 1 aliphatic carbocycles. The van der Waals surface area contributed by atoms with Crippen LogP contribution in [-0.2, 0) is 26.1 Å². The van der Waals surface area contributed by atoms with Gasteiger partial charge in [-0.15, -0.1) is 0 Å². The number of unbranched alkanes of at least 4 members (excludes halogenated alkanes) is 2. The van der Waals surface area contributed by atoms with E-state index in [4.69, 9.17) is 9.47 Å². The van der Waals surface area contributed by atoms with E-state index in [-0.39, 0.29) is 10.8 Å². The average Bonchev–Trinajstić information content (AvgIpc) is 3.28. The maximum Gasteiger partial charge on any atom is 0.223 e. The van der Waals surface area contributed by atoms with Crippen LogP contribution < -0.4 is 0 Å². The summed E-state index contributed by atoms with van der Waals surface area (Å²) in [7, 11) is 0. The van der Waals surface area contributed by atoms with Gasteiger partial charge in [-0.3, -0.25) is 0 Å². The minimum Gasteiger partial charge on any atom is -0.342 e. The molecular weight excluding hydrogens is 500 g/mol. The van der Waals surface area contributed by atoms with E-state index in [2.05, 4.69) is 103 Å². The highest BCUT2D eigenvalue weighted by Gasteiger charge is 2.47. The third-order valence-corrected chi connectivity index (χ3v) is 9.74. The number of rotatable bonds is 18. The van der Waals surface area contributed by atoms with Crippen molar-refractivity contribution in [3.8, 4) is 11.1 Å². The first-order valence-corrected chi connectivity index (χ1v) is 15.9. The Kier molecular flexibility index (Phi) is 12.0. The van der Waals surface area contributed by atoms with Gasteiger partial charge in [0.05, 0.1) is 13.2 Å². The van der Waals surface area contributed by atoms with Gasteiger partial charge in [0.25, 0.3) is 0 Å². The molecule has 2 nitrogen and oxygen atoms in total. The molecule has 0 aliphatic heterocycles. The summed E-state index contributed by atoms with van der Waals surface area (Å²) in [6.07, 6.45) is 20.1. The van der Waals surface area contributed by atoms with Gasteiger partial charge in [0.1, 0.15) is 0 Å². The summed E-state index contributed by atoms with van der Waals surface area (Å²) in [6, 6.07) is 14.1. The zero-order chi connectivity index (χ0) is 29.9. The Labute approximate surface area is 251 Å². The molecule has 0 N–H and O–H groups in total. The highest BCUT2D eigenvalue weighted by atomic mass is 16.7. The van der Waals surface area contributed by atoms with Crippen LogP contribution in [0.15, 0.2) is 86.0 Å². The SMILES string of the molecule is C=C/C=C/CCCOC1(OCCC/C=C/C=C)c2cc(C(C)(CC)CC)ccc2-c2ccc(C(C)(CC)CC)cc21. The zero-order valence-electron chi connectivity index (χ0n) is 26.7. The third kappa shape index (κ3) is 7.04. The van der Waals surface area contributed by atoms with E-state index in [1.54, 1.807) is 0 Å². The molecule has 0 unspecified atom stereocenters. The molecule has 0 saturated carbocycles. The summed E-state index contributed by atoms with van der Waals surface area (Å²) in [5.74, 6) is -0.925. The Morgan fingerprint density at radius 2 is 1.05 bits per heavy atom. The van der Waals surface area contributed by atoms with E-state index < -0.39 is 5.79 Å². The van der Waals surface area contributed by atoms with E-state index in [1.165, 1.54) is 22.3 Å². The summed E-state index contributed by atoms with van der Waals surface area (Å²) in [6.45, 7) is 22.8. The fourth-order valence-corrected chi connectivity index (χ4v) is 5.89. The van der Waals surface area contributed by atoms with E-state index >= 15 is 0 Å². The van der Waals surface area contributed by atoms with Crippen LogP contribution >= 0.6 is 0 Å². The quantitative estimate of drug-likeness (QED) is 0.104. The number of fused-ring (bicyclic) bond motifs is 3. The van der Waals surface area contributed by atoms with Gasteiger partial charge in [-0.1, -0.05) is 115 Å². The van der Waals surface area contributed by atoms with Gasteiger partial charge in [0, 0.05) is 11.1 Å². The van der Waals surface area contributed by atoms with Crippen LogP contribution in [0.1, 0.15) is 115 Å². The summed E-state index contributed by atoms with van der Waals surface area (Å²) in [5, 5.41) is 0. The van der Waals surface area contributed by atoms with Gasteiger partial charge in [-0.2, -0.15) is 0 Å². The first kappa shape index (κ1) is 32.8. The molecule has 222 valence electrons. The molecule has 2 aromatic rings. The van der Waals surface area contributed by atoms with Crippen LogP contribution in [0.5, 0.6) is 0 Å².